The van der Waals surface area contributed by atoms with Gasteiger partial charge in [0.1, 0.15) is 12.4 Å². The molecule has 0 aromatic heterocycles. The molecular weight excluding hydrogens is 356 g/mol. The fraction of sp³-hybridized carbons (Fsp3) is 0.364. The summed E-state index contributed by atoms with van der Waals surface area (Å²) in [5.41, 5.74) is 1.87. The highest BCUT2D eigenvalue weighted by molar-refractivity contribution is 5.90. The molecule has 2 aromatic rings. The molecule has 6 nitrogen and oxygen atoms in total. The summed E-state index contributed by atoms with van der Waals surface area (Å²) in [6.07, 6.45) is 3.82. The molecule has 1 saturated heterocycles. The van der Waals surface area contributed by atoms with Gasteiger partial charge in [0.25, 0.3) is 0 Å². The van der Waals surface area contributed by atoms with Gasteiger partial charge in [0.15, 0.2) is 5.75 Å². The number of anilines is 1. The Labute approximate surface area is 165 Å². The van der Waals surface area contributed by atoms with Gasteiger partial charge in [0.2, 0.25) is 5.91 Å². The van der Waals surface area contributed by atoms with Crippen LogP contribution in [0.3, 0.4) is 0 Å². The number of amides is 1. The SMILES string of the molecule is CC(=O)N(C)c1ccc(COc2cccc(O/N=C\C3CCOCC3)c2)cc1. The van der Waals surface area contributed by atoms with Crippen molar-refractivity contribution in [3.63, 3.8) is 0 Å². The van der Waals surface area contributed by atoms with Gasteiger partial charge in [-0.25, -0.2) is 0 Å². The standard InChI is InChI=1S/C22H26N2O4/c1-17(25)24(2)20-8-6-19(7-9-20)16-27-21-4-3-5-22(14-21)28-23-15-18-10-12-26-13-11-18/h3-9,14-15,18H,10-13,16H2,1-2H3/b23-15-. The van der Waals surface area contributed by atoms with E-state index in [4.69, 9.17) is 14.3 Å². The Kier molecular flexibility index (Phi) is 7.03. The number of hydrogen-bond donors (Lipinski definition) is 0. The molecule has 28 heavy (non-hydrogen) atoms. The fourth-order valence-corrected chi connectivity index (χ4v) is 2.83. The third kappa shape index (κ3) is 5.82. The van der Waals surface area contributed by atoms with Crippen molar-refractivity contribution in [1.29, 1.82) is 0 Å². The maximum atomic E-state index is 11.4. The lowest BCUT2D eigenvalue weighted by Gasteiger charge is -2.17. The van der Waals surface area contributed by atoms with Gasteiger partial charge in [-0.05, 0) is 42.7 Å². The fourth-order valence-electron chi connectivity index (χ4n) is 2.83. The summed E-state index contributed by atoms with van der Waals surface area (Å²) in [5.74, 6) is 1.77. The van der Waals surface area contributed by atoms with Gasteiger partial charge >= 0.3 is 0 Å². The number of ether oxygens (including phenoxy) is 2. The zero-order chi connectivity index (χ0) is 19.8. The van der Waals surface area contributed by atoms with Crippen LogP contribution in [-0.4, -0.2) is 32.4 Å². The first kappa shape index (κ1) is 19.9. The summed E-state index contributed by atoms with van der Waals surface area (Å²) in [6.45, 7) is 3.54. The Bertz CT molecular complexity index is 798. The summed E-state index contributed by atoms with van der Waals surface area (Å²) in [7, 11) is 1.75. The molecule has 0 saturated carbocycles. The molecule has 0 spiro atoms. The second-order valence-electron chi connectivity index (χ2n) is 6.80. The minimum atomic E-state index is 0.000272. The highest BCUT2D eigenvalue weighted by Crippen LogP contribution is 2.22. The lowest BCUT2D eigenvalue weighted by atomic mass is 10.0. The molecule has 0 bridgehead atoms. The summed E-state index contributed by atoms with van der Waals surface area (Å²) >= 11 is 0. The molecule has 2 aromatic carbocycles. The maximum Gasteiger partial charge on any atom is 0.223 e. The van der Waals surface area contributed by atoms with Crippen molar-refractivity contribution in [1.82, 2.24) is 0 Å². The molecule has 1 aliphatic heterocycles. The number of oxime groups is 1. The molecular formula is C22H26N2O4. The van der Waals surface area contributed by atoms with Crippen LogP contribution in [-0.2, 0) is 16.1 Å². The van der Waals surface area contributed by atoms with E-state index in [0.29, 0.717) is 24.0 Å². The van der Waals surface area contributed by atoms with Gasteiger partial charge < -0.3 is 19.2 Å². The molecule has 1 amide bonds. The van der Waals surface area contributed by atoms with Crippen LogP contribution >= 0.6 is 0 Å². The molecule has 0 unspecified atom stereocenters. The van der Waals surface area contributed by atoms with E-state index >= 15 is 0 Å². The van der Waals surface area contributed by atoms with Gasteiger partial charge in [-0.3, -0.25) is 4.79 Å². The normalized spacial score (nSPS) is 14.8. The number of benzene rings is 2. The summed E-state index contributed by atoms with van der Waals surface area (Å²) < 4.78 is 11.2. The van der Waals surface area contributed by atoms with Crippen molar-refractivity contribution >= 4 is 17.8 Å². The van der Waals surface area contributed by atoms with E-state index in [1.54, 1.807) is 18.9 Å². The Morgan fingerprint density at radius 1 is 1.18 bits per heavy atom. The molecule has 1 aliphatic rings. The highest BCUT2D eigenvalue weighted by atomic mass is 16.6. The number of hydrogen-bond acceptors (Lipinski definition) is 5. The van der Waals surface area contributed by atoms with E-state index < -0.39 is 0 Å². The van der Waals surface area contributed by atoms with Crippen LogP contribution in [0.25, 0.3) is 0 Å². The molecule has 148 valence electrons. The average Bonchev–Trinajstić information content (AvgIpc) is 2.73. The quantitative estimate of drug-likeness (QED) is 0.536. The maximum absolute atomic E-state index is 11.4. The minimum Gasteiger partial charge on any atom is -0.489 e. The van der Waals surface area contributed by atoms with Crippen molar-refractivity contribution < 1.29 is 19.1 Å². The predicted octanol–water partition coefficient (Wildman–Crippen LogP) is 4.04. The van der Waals surface area contributed by atoms with Crippen molar-refractivity contribution in [2.24, 2.45) is 11.1 Å². The first-order chi connectivity index (χ1) is 13.6. The second kappa shape index (κ2) is 9.90. The molecule has 0 N–H and O–H groups in total. The first-order valence-corrected chi connectivity index (χ1v) is 9.46. The second-order valence-corrected chi connectivity index (χ2v) is 6.80. The number of carbonyl (C=O) groups is 1. The van der Waals surface area contributed by atoms with Crippen molar-refractivity contribution in [3.05, 3.63) is 54.1 Å². The van der Waals surface area contributed by atoms with E-state index in [0.717, 1.165) is 37.3 Å². The third-order valence-corrected chi connectivity index (χ3v) is 4.70. The molecule has 1 heterocycles. The van der Waals surface area contributed by atoms with Crippen molar-refractivity contribution in [3.8, 4) is 11.5 Å². The Balaban J connectivity index is 1.51. The Morgan fingerprint density at radius 2 is 1.89 bits per heavy atom. The van der Waals surface area contributed by atoms with Crippen LogP contribution in [0, 0.1) is 5.92 Å². The largest absolute Gasteiger partial charge is 0.489 e. The third-order valence-electron chi connectivity index (χ3n) is 4.70. The van der Waals surface area contributed by atoms with Gasteiger partial charge in [0.05, 0.1) is 0 Å². The number of carbonyl (C=O) groups excluding carboxylic acids is 1. The van der Waals surface area contributed by atoms with Gasteiger partial charge in [-0.15, -0.1) is 0 Å². The van der Waals surface area contributed by atoms with Gasteiger partial charge in [0, 0.05) is 51.1 Å². The molecule has 0 atom stereocenters. The highest BCUT2D eigenvalue weighted by Gasteiger charge is 2.11. The van der Waals surface area contributed by atoms with E-state index in [1.807, 2.05) is 54.7 Å². The van der Waals surface area contributed by atoms with E-state index in [2.05, 4.69) is 5.16 Å². The lowest BCUT2D eigenvalue weighted by Crippen LogP contribution is -2.22. The van der Waals surface area contributed by atoms with Crippen LogP contribution in [0.1, 0.15) is 25.3 Å². The summed E-state index contributed by atoms with van der Waals surface area (Å²) in [4.78, 5) is 18.5. The van der Waals surface area contributed by atoms with E-state index in [9.17, 15) is 4.79 Å². The minimum absolute atomic E-state index is 0.000272. The molecule has 0 radical (unpaired) electrons. The Hall–Kier alpha value is -2.86. The van der Waals surface area contributed by atoms with Gasteiger partial charge in [-0.2, -0.15) is 0 Å². The molecule has 6 heteroatoms. The van der Waals surface area contributed by atoms with Crippen LogP contribution in [0.5, 0.6) is 11.5 Å². The number of nitrogens with zero attached hydrogens (tertiary/aromatic N) is 2. The van der Waals surface area contributed by atoms with Crippen LogP contribution in [0.4, 0.5) is 5.69 Å². The van der Waals surface area contributed by atoms with E-state index in [-0.39, 0.29) is 5.91 Å². The monoisotopic (exact) mass is 382 g/mol. The predicted molar refractivity (Wildman–Crippen MR) is 109 cm³/mol. The van der Waals surface area contributed by atoms with Crippen molar-refractivity contribution in [2.75, 3.05) is 25.2 Å². The smallest absolute Gasteiger partial charge is 0.223 e. The average molecular weight is 382 g/mol. The van der Waals surface area contributed by atoms with Crippen LogP contribution in [0.15, 0.2) is 53.7 Å². The zero-order valence-electron chi connectivity index (χ0n) is 16.3. The molecule has 3 rings (SSSR count). The topological polar surface area (TPSA) is 60.4 Å². The zero-order valence-corrected chi connectivity index (χ0v) is 16.3. The van der Waals surface area contributed by atoms with Crippen LogP contribution < -0.4 is 14.5 Å². The van der Waals surface area contributed by atoms with Crippen molar-refractivity contribution in [2.45, 2.75) is 26.4 Å². The number of rotatable bonds is 7. The lowest BCUT2D eigenvalue weighted by molar-refractivity contribution is -0.116. The summed E-state index contributed by atoms with van der Waals surface area (Å²) in [6, 6.07) is 15.1. The summed E-state index contributed by atoms with van der Waals surface area (Å²) in [5, 5.41) is 4.10. The van der Waals surface area contributed by atoms with Crippen LogP contribution in [0.2, 0.25) is 0 Å². The molecule has 1 fully saturated rings. The van der Waals surface area contributed by atoms with E-state index in [1.165, 1.54) is 0 Å². The molecule has 0 aliphatic carbocycles. The van der Waals surface area contributed by atoms with Gasteiger partial charge in [-0.1, -0.05) is 23.4 Å². The first-order valence-electron chi connectivity index (χ1n) is 9.46. The Morgan fingerprint density at radius 3 is 2.61 bits per heavy atom.